The molecule has 0 amide bonds. The number of hydrogen-bond acceptors (Lipinski definition) is 3. The molecule has 15 heavy (non-hydrogen) atoms. The molecule has 1 rings (SSSR count). The summed E-state index contributed by atoms with van der Waals surface area (Å²) in [6, 6.07) is 0.592. The smallest absolute Gasteiger partial charge is 0.0711 e. The van der Waals surface area contributed by atoms with Crippen molar-refractivity contribution in [2.45, 2.75) is 39.3 Å². The van der Waals surface area contributed by atoms with Crippen molar-refractivity contribution in [1.82, 2.24) is 10.6 Å². The minimum Gasteiger partial charge on any atom is -0.380 e. The average molecular weight is 214 g/mol. The third-order valence-corrected chi connectivity index (χ3v) is 3.51. The molecule has 3 nitrogen and oxygen atoms in total. The van der Waals surface area contributed by atoms with Gasteiger partial charge in [-0.2, -0.15) is 0 Å². The molecule has 0 aromatic carbocycles. The fourth-order valence-corrected chi connectivity index (χ4v) is 1.84. The quantitative estimate of drug-likeness (QED) is 0.698. The van der Waals surface area contributed by atoms with Crippen LogP contribution in [0.5, 0.6) is 0 Å². The highest BCUT2D eigenvalue weighted by molar-refractivity contribution is 4.83. The molecule has 2 N–H and O–H groups in total. The van der Waals surface area contributed by atoms with Crippen LogP contribution in [-0.2, 0) is 4.74 Å². The topological polar surface area (TPSA) is 33.3 Å². The summed E-state index contributed by atoms with van der Waals surface area (Å²) in [5, 5.41) is 7.01. The van der Waals surface area contributed by atoms with Crippen LogP contribution in [0, 0.1) is 11.8 Å². The summed E-state index contributed by atoms with van der Waals surface area (Å²) in [7, 11) is 1.79. The van der Waals surface area contributed by atoms with Gasteiger partial charge < -0.3 is 15.4 Å². The SMILES string of the molecule is COC1CNC(CNCC(C)C(C)C)C1. The highest BCUT2D eigenvalue weighted by Gasteiger charge is 2.23. The molecule has 1 saturated heterocycles. The first-order chi connectivity index (χ1) is 7.13. The van der Waals surface area contributed by atoms with Crippen molar-refractivity contribution in [3.05, 3.63) is 0 Å². The van der Waals surface area contributed by atoms with E-state index in [4.69, 9.17) is 4.74 Å². The Labute approximate surface area is 94.0 Å². The van der Waals surface area contributed by atoms with Crippen LogP contribution >= 0.6 is 0 Å². The van der Waals surface area contributed by atoms with Gasteiger partial charge in [-0.25, -0.2) is 0 Å². The predicted octanol–water partition coefficient (Wildman–Crippen LogP) is 1.24. The van der Waals surface area contributed by atoms with Gasteiger partial charge in [-0.15, -0.1) is 0 Å². The average Bonchev–Trinajstić information content (AvgIpc) is 2.65. The molecule has 1 fully saturated rings. The molecule has 3 atom stereocenters. The van der Waals surface area contributed by atoms with E-state index in [0.29, 0.717) is 12.1 Å². The van der Waals surface area contributed by atoms with Crippen LogP contribution < -0.4 is 10.6 Å². The Hall–Kier alpha value is -0.120. The molecule has 0 aliphatic carbocycles. The van der Waals surface area contributed by atoms with Crippen LogP contribution in [0.4, 0.5) is 0 Å². The van der Waals surface area contributed by atoms with Crippen molar-refractivity contribution >= 4 is 0 Å². The van der Waals surface area contributed by atoms with E-state index in [0.717, 1.165) is 37.9 Å². The number of ether oxygens (including phenoxy) is 1. The Balaban J connectivity index is 2.06. The molecule has 0 saturated carbocycles. The molecule has 3 unspecified atom stereocenters. The van der Waals surface area contributed by atoms with Crippen LogP contribution in [0.2, 0.25) is 0 Å². The van der Waals surface area contributed by atoms with Gasteiger partial charge in [0.1, 0.15) is 0 Å². The molecule has 3 heteroatoms. The predicted molar refractivity (Wildman–Crippen MR) is 64.1 cm³/mol. The lowest BCUT2D eigenvalue weighted by molar-refractivity contribution is 0.117. The van der Waals surface area contributed by atoms with Gasteiger partial charge in [-0.1, -0.05) is 20.8 Å². The van der Waals surface area contributed by atoms with Gasteiger partial charge in [0, 0.05) is 26.2 Å². The van der Waals surface area contributed by atoms with Gasteiger partial charge in [-0.3, -0.25) is 0 Å². The van der Waals surface area contributed by atoms with Crippen LogP contribution in [0.25, 0.3) is 0 Å². The number of hydrogen-bond donors (Lipinski definition) is 2. The van der Waals surface area contributed by atoms with Crippen molar-refractivity contribution < 1.29 is 4.74 Å². The molecule has 0 spiro atoms. The minimum absolute atomic E-state index is 0.416. The third kappa shape index (κ3) is 4.49. The van der Waals surface area contributed by atoms with E-state index in [2.05, 4.69) is 31.4 Å². The summed E-state index contributed by atoms with van der Waals surface area (Å²) in [6.45, 7) is 10.0. The summed E-state index contributed by atoms with van der Waals surface area (Å²) in [5.74, 6) is 1.52. The Kier molecular flexibility index (Phi) is 5.58. The van der Waals surface area contributed by atoms with Crippen molar-refractivity contribution in [1.29, 1.82) is 0 Å². The summed E-state index contributed by atoms with van der Waals surface area (Å²) >= 11 is 0. The highest BCUT2D eigenvalue weighted by atomic mass is 16.5. The van der Waals surface area contributed by atoms with E-state index in [1.807, 2.05) is 0 Å². The zero-order valence-corrected chi connectivity index (χ0v) is 10.5. The first kappa shape index (κ1) is 12.9. The standard InChI is InChI=1S/C12H26N2O/c1-9(2)10(3)6-13-7-11-5-12(15-4)8-14-11/h9-14H,5-8H2,1-4H3. The second-order valence-electron chi connectivity index (χ2n) is 5.08. The Morgan fingerprint density at radius 2 is 2.13 bits per heavy atom. The molecule has 0 aromatic rings. The Morgan fingerprint density at radius 1 is 1.40 bits per heavy atom. The molecule has 0 radical (unpaired) electrons. The second kappa shape index (κ2) is 6.46. The third-order valence-electron chi connectivity index (χ3n) is 3.51. The van der Waals surface area contributed by atoms with E-state index in [1.165, 1.54) is 0 Å². The Bertz CT molecular complexity index is 173. The van der Waals surface area contributed by atoms with Crippen LogP contribution in [-0.4, -0.2) is 38.9 Å². The van der Waals surface area contributed by atoms with Gasteiger partial charge in [-0.05, 0) is 24.8 Å². The van der Waals surface area contributed by atoms with E-state index in [1.54, 1.807) is 7.11 Å². The molecule has 0 aromatic heterocycles. The van der Waals surface area contributed by atoms with Gasteiger partial charge >= 0.3 is 0 Å². The van der Waals surface area contributed by atoms with Gasteiger partial charge in [0.25, 0.3) is 0 Å². The molecular weight excluding hydrogens is 188 g/mol. The largest absolute Gasteiger partial charge is 0.380 e. The summed E-state index contributed by atoms with van der Waals surface area (Å²) in [4.78, 5) is 0. The summed E-state index contributed by atoms with van der Waals surface area (Å²) < 4.78 is 5.32. The molecule has 1 aliphatic heterocycles. The lowest BCUT2D eigenvalue weighted by Gasteiger charge is -2.18. The monoisotopic (exact) mass is 214 g/mol. The fourth-order valence-electron chi connectivity index (χ4n) is 1.84. The van der Waals surface area contributed by atoms with Gasteiger partial charge in [0.05, 0.1) is 6.10 Å². The molecule has 1 heterocycles. The van der Waals surface area contributed by atoms with Crippen molar-refractivity contribution in [3.63, 3.8) is 0 Å². The van der Waals surface area contributed by atoms with E-state index >= 15 is 0 Å². The first-order valence-electron chi connectivity index (χ1n) is 6.10. The van der Waals surface area contributed by atoms with Crippen molar-refractivity contribution in [3.8, 4) is 0 Å². The Morgan fingerprint density at radius 3 is 2.67 bits per heavy atom. The van der Waals surface area contributed by atoms with E-state index in [9.17, 15) is 0 Å². The normalized spacial score (nSPS) is 28.6. The molecule has 90 valence electrons. The maximum absolute atomic E-state index is 5.32. The maximum Gasteiger partial charge on any atom is 0.0711 e. The van der Waals surface area contributed by atoms with Crippen molar-refractivity contribution in [2.24, 2.45) is 11.8 Å². The second-order valence-corrected chi connectivity index (χ2v) is 5.08. The lowest BCUT2D eigenvalue weighted by Crippen LogP contribution is -2.36. The molecular formula is C12H26N2O. The first-order valence-corrected chi connectivity index (χ1v) is 6.10. The summed E-state index contributed by atoms with van der Waals surface area (Å²) in [5.41, 5.74) is 0. The zero-order chi connectivity index (χ0) is 11.3. The number of methoxy groups -OCH3 is 1. The maximum atomic E-state index is 5.32. The highest BCUT2D eigenvalue weighted by Crippen LogP contribution is 2.10. The zero-order valence-electron chi connectivity index (χ0n) is 10.5. The summed E-state index contributed by atoms with van der Waals surface area (Å²) in [6.07, 6.45) is 1.55. The fraction of sp³-hybridized carbons (Fsp3) is 1.00. The minimum atomic E-state index is 0.416. The van der Waals surface area contributed by atoms with Crippen LogP contribution in [0.15, 0.2) is 0 Å². The van der Waals surface area contributed by atoms with Crippen LogP contribution in [0.3, 0.4) is 0 Å². The van der Waals surface area contributed by atoms with Gasteiger partial charge in [0.15, 0.2) is 0 Å². The number of rotatable bonds is 6. The van der Waals surface area contributed by atoms with E-state index in [-0.39, 0.29) is 0 Å². The lowest BCUT2D eigenvalue weighted by atomic mass is 9.98. The van der Waals surface area contributed by atoms with Crippen LogP contribution in [0.1, 0.15) is 27.2 Å². The number of nitrogens with one attached hydrogen (secondary N) is 2. The molecule has 0 bridgehead atoms. The molecule has 1 aliphatic rings. The van der Waals surface area contributed by atoms with Crippen molar-refractivity contribution in [2.75, 3.05) is 26.7 Å². The van der Waals surface area contributed by atoms with Gasteiger partial charge in [0.2, 0.25) is 0 Å². The van der Waals surface area contributed by atoms with E-state index < -0.39 is 0 Å².